The molecule has 1 aromatic heterocycles. The zero-order valence-electron chi connectivity index (χ0n) is 11.8. The minimum atomic E-state index is -0.156. The van der Waals surface area contributed by atoms with Gasteiger partial charge in [-0.3, -0.25) is 4.79 Å². The Morgan fingerprint density at radius 2 is 2.35 bits per heavy atom. The summed E-state index contributed by atoms with van der Waals surface area (Å²) >= 11 is 0. The Labute approximate surface area is 118 Å². The molecule has 0 spiro atoms. The minimum Gasteiger partial charge on any atom is -0.368 e. The van der Waals surface area contributed by atoms with Crippen LogP contribution in [0.1, 0.15) is 39.0 Å². The van der Waals surface area contributed by atoms with Crippen molar-refractivity contribution in [3.63, 3.8) is 0 Å². The van der Waals surface area contributed by atoms with Crippen molar-refractivity contribution >= 4 is 17.4 Å². The van der Waals surface area contributed by atoms with Gasteiger partial charge in [0.1, 0.15) is 0 Å². The van der Waals surface area contributed by atoms with Gasteiger partial charge in [0, 0.05) is 11.4 Å². The van der Waals surface area contributed by atoms with Crippen molar-refractivity contribution in [3.8, 4) is 0 Å². The monoisotopic (exact) mass is 272 g/mol. The number of amides is 1. The molecule has 1 amide bonds. The first-order valence-electron chi connectivity index (χ1n) is 6.99. The summed E-state index contributed by atoms with van der Waals surface area (Å²) in [7, 11) is 0. The first-order chi connectivity index (χ1) is 9.65. The molecule has 2 N–H and O–H groups in total. The van der Waals surface area contributed by atoms with Crippen LogP contribution in [0.2, 0.25) is 0 Å². The maximum absolute atomic E-state index is 11.8. The molecular weight excluding hydrogens is 252 g/mol. The Balaban J connectivity index is 2.53. The van der Waals surface area contributed by atoms with Gasteiger partial charge in [0.25, 0.3) is 5.91 Å². The summed E-state index contributed by atoms with van der Waals surface area (Å²) in [6.45, 7) is 5.98. The number of allylic oxidation sites excluding steroid dienone is 1. The molecule has 106 valence electrons. The molecule has 0 fully saturated rings. The SMILES string of the molecule is C=CCC(CCCC)C1=c2cnc(N)nc2=NC(=O)C1. The van der Waals surface area contributed by atoms with Gasteiger partial charge in [-0.15, -0.1) is 6.58 Å². The third-order valence-corrected chi connectivity index (χ3v) is 3.56. The quantitative estimate of drug-likeness (QED) is 0.787. The normalized spacial score (nSPS) is 15.4. The summed E-state index contributed by atoms with van der Waals surface area (Å²) in [6, 6.07) is 0. The number of carbonyl (C=O) groups excluding carboxylic acids is 1. The summed E-state index contributed by atoms with van der Waals surface area (Å²) in [5.74, 6) is 0.296. The van der Waals surface area contributed by atoms with Gasteiger partial charge in [-0.1, -0.05) is 25.8 Å². The second-order valence-electron chi connectivity index (χ2n) is 5.04. The summed E-state index contributed by atoms with van der Waals surface area (Å²) in [5, 5.41) is 0.863. The van der Waals surface area contributed by atoms with Crippen molar-refractivity contribution in [2.45, 2.75) is 39.0 Å². The third-order valence-electron chi connectivity index (χ3n) is 3.56. The lowest BCUT2D eigenvalue weighted by Gasteiger charge is -2.19. The van der Waals surface area contributed by atoms with Crippen molar-refractivity contribution < 1.29 is 4.79 Å². The number of aromatic nitrogens is 2. The van der Waals surface area contributed by atoms with E-state index in [1.807, 2.05) is 6.08 Å². The van der Waals surface area contributed by atoms with Crippen LogP contribution in [0, 0.1) is 5.92 Å². The van der Waals surface area contributed by atoms with Gasteiger partial charge in [-0.05, 0) is 24.3 Å². The van der Waals surface area contributed by atoms with E-state index in [0.717, 1.165) is 36.5 Å². The van der Waals surface area contributed by atoms with Crippen LogP contribution in [0.25, 0.3) is 5.57 Å². The minimum absolute atomic E-state index is 0.148. The molecule has 1 aromatic rings. The van der Waals surface area contributed by atoms with Gasteiger partial charge >= 0.3 is 0 Å². The van der Waals surface area contributed by atoms with E-state index in [1.54, 1.807) is 6.20 Å². The predicted molar refractivity (Wildman–Crippen MR) is 78.1 cm³/mol. The number of anilines is 1. The fourth-order valence-electron chi connectivity index (χ4n) is 2.56. The van der Waals surface area contributed by atoms with E-state index in [-0.39, 0.29) is 11.9 Å². The maximum Gasteiger partial charge on any atom is 0.251 e. The Morgan fingerprint density at radius 1 is 1.55 bits per heavy atom. The van der Waals surface area contributed by atoms with Crippen LogP contribution < -0.4 is 16.4 Å². The maximum atomic E-state index is 11.8. The van der Waals surface area contributed by atoms with Crippen LogP contribution in [-0.2, 0) is 4.79 Å². The summed E-state index contributed by atoms with van der Waals surface area (Å²) in [6.07, 6.45) is 8.08. The average Bonchev–Trinajstić information content (AvgIpc) is 2.42. The first kappa shape index (κ1) is 14.4. The molecule has 0 bridgehead atoms. The topological polar surface area (TPSA) is 81.2 Å². The Kier molecular flexibility index (Phi) is 4.61. The van der Waals surface area contributed by atoms with Crippen LogP contribution in [0.15, 0.2) is 23.8 Å². The van der Waals surface area contributed by atoms with Crippen LogP contribution >= 0.6 is 0 Å². The van der Waals surface area contributed by atoms with Crippen molar-refractivity contribution in [2.24, 2.45) is 10.9 Å². The van der Waals surface area contributed by atoms with E-state index in [4.69, 9.17) is 5.73 Å². The first-order valence-corrected chi connectivity index (χ1v) is 6.99. The zero-order chi connectivity index (χ0) is 14.5. The van der Waals surface area contributed by atoms with Crippen LogP contribution in [0.4, 0.5) is 5.95 Å². The number of unbranched alkanes of at least 4 members (excludes halogenated alkanes) is 1. The third kappa shape index (κ3) is 3.10. The molecule has 20 heavy (non-hydrogen) atoms. The van der Waals surface area contributed by atoms with E-state index >= 15 is 0 Å². The number of carbonyl (C=O) groups is 1. The second kappa shape index (κ2) is 6.41. The Hall–Kier alpha value is -2.04. The molecule has 0 saturated carbocycles. The van der Waals surface area contributed by atoms with E-state index in [2.05, 4.69) is 28.5 Å². The highest BCUT2D eigenvalue weighted by Crippen LogP contribution is 2.26. The lowest BCUT2D eigenvalue weighted by atomic mass is 9.86. The summed E-state index contributed by atoms with van der Waals surface area (Å²) in [4.78, 5) is 23.9. The number of nitrogens with zero attached hydrogens (tertiary/aromatic N) is 3. The number of fused-ring (bicyclic) bond motifs is 1. The lowest BCUT2D eigenvalue weighted by Crippen LogP contribution is -2.38. The molecule has 1 aliphatic heterocycles. The molecule has 1 aliphatic rings. The molecule has 2 rings (SSSR count). The predicted octanol–water partition coefficient (Wildman–Crippen LogP) is 1.14. The number of hydrogen-bond acceptors (Lipinski definition) is 4. The fraction of sp³-hybridized carbons (Fsp3) is 0.467. The van der Waals surface area contributed by atoms with Crippen molar-refractivity contribution in [1.82, 2.24) is 9.97 Å². The second-order valence-corrected chi connectivity index (χ2v) is 5.04. The molecule has 1 atom stereocenters. The molecule has 5 heteroatoms. The summed E-state index contributed by atoms with van der Waals surface area (Å²) < 4.78 is 0. The highest BCUT2D eigenvalue weighted by molar-refractivity contribution is 5.86. The number of hydrogen-bond donors (Lipinski definition) is 1. The molecule has 5 nitrogen and oxygen atoms in total. The standard InChI is InChI=1S/C15H20N4O/c1-3-5-7-10(6-4-2)11-8-13(20)18-14-12(11)9-17-15(16)19-14/h4,9-10H,2-3,5-8H2,1H3,(H2,16,18,19,20). The molecule has 0 saturated heterocycles. The smallest absolute Gasteiger partial charge is 0.251 e. The van der Waals surface area contributed by atoms with Gasteiger partial charge < -0.3 is 5.73 Å². The van der Waals surface area contributed by atoms with Gasteiger partial charge in [0.15, 0.2) is 5.49 Å². The van der Waals surface area contributed by atoms with Gasteiger partial charge in [-0.25, -0.2) is 4.98 Å². The Bertz CT molecular complexity index is 636. The van der Waals surface area contributed by atoms with Crippen LogP contribution in [-0.4, -0.2) is 15.9 Å². The van der Waals surface area contributed by atoms with Gasteiger partial charge in [0.05, 0.1) is 6.42 Å². The average molecular weight is 272 g/mol. The van der Waals surface area contributed by atoms with Gasteiger partial charge in [-0.2, -0.15) is 9.98 Å². The largest absolute Gasteiger partial charge is 0.368 e. The molecule has 0 aliphatic carbocycles. The number of rotatable bonds is 6. The highest BCUT2D eigenvalue weighted by Gasteiger charge is 2.20. The van der Waals surface area contributed by atoms with Crippen LogP contribution in [0.3, 0.4) is 0 Å². The zero-order valence-corrected chi connectivity index (χ0v) is 11.8. The van der Waals surface area contributed by atoms with Crippen LogP contribution in [0.5, 0.6) is 0 Å². The van der Waals surface area contributed by atoms with Gasteiger partial charge in [0.2, 0.25) is 5.95 Å². The van der Waals surface area contributed by atoms with E-state index in [1.165, 1.54) is 0 Å². The summed E-state index contributed by atoms with van der Waals surface area (Å²) in [5.41, 5.74) is 7.06. The molecule has 0 aromatic carbocycles. The van der Waals surface area contributed by atoms with E-state index in [9.17, 15) is 4.79 Å². The van der Waals surface area contributed by atoms with Crippen molar-refractivity contribution in [1.29, 1.82) is 0 Å². The van der Waals surface area contributed by atoms with Crippen molar-refractivity contribution in [2.75, 3.05) is 5.73 Å². The number of nitrogen functional groups attached to an aromatic ring is 1. The van der Waals surface area contributed by atoms with Crippen molar-refractivity contribution in [3.05, 3.63) is 29.6 Å². The fourth-order valence-corrected chi connectivity index (χ4v) is 2.56. The lowest BCUT2D eigenvalue weighted by molar-refractivity contribution is -0.117. The number of nitrogens with two attached hydrogens (primary N) is 1. The van der Waals surface area contributed by atoms with E-state index in [0.29, 0.717) is 17.8 Å². The molecule has 2 heterocycles. The Morgan fingerprint density at radius 3 is 3.05 bits per heavy atom. The van der Waals surface area contributed by atoms with E-state index < -0.39 is 0 Å². The molecular formula is C15H20N4O. The molecule has 1 unspecified atom stereocenters. The highest BCUT2D eigenvalue weighted by atomic mass is 16.1. The molecule has 0 radical (unpaired) electrons.